The molecule has 1 aromatic carbocycles. The molecule has 0 aliphatic carbocycles. The van der Waals surface area contributed by atoms with Crippen LogP contribution in [0.4, 0.5) is 5.69 Å². The second-order valence-electron chi connectivity index (χ2n) is 4.50. The highest BCUT2D eigenvalue weighted by atomic mass is 16.5. The van der Waals surface area contributed by atoms with Crippen LogP contribution in [-0.4, -0.2) is 21.8 Å². The van der Waals surface area contributed by atoms with E-state index in [0.29, 0.717) is 18.0 Å². The summed E-state index contributed by atoms with van der Waals surface area (Å²) in [6.07, 6.45) is 2.67. The Bertz CT molecular complexity index is 577. The van der Waals surface area contributed by atoms with Gasteiger partial charge in [-0.1, -0.05) is 12.1 Å². The first-order valence-electron chi connectivity index (χ1n) is 6.33. The minimum absolute atomic E-state index is 0.214. The van der Waals surface area contributed by atoms with E-state index in [0.717, 1.165) is 5.56 Å². The maximum absolute atomic E-state index is 12.0. The van der Waals surface area contributed by atoms with Crippen molar-refractivity contribution in [2.24, 2.45) is 12.8 Å². The second-order valence-corrected chi connectivity index (χ2v) is 4.50. The number of nitrogens with one attached hydrogen (secondary N) is 1. The number of nitrogens with two attached hydrogens (primary N) is 1. The third kappa shape index (κ3) is 3.58. The molecule has 0 saturated carbocycles. The zero-order chi connectivity index (χ0) is 14.5. The number of carbonyl (C=O) groups excluding carboxylic acids is 1. The molecule has 1 heterocycles. The Hall–Kier alpha value is -2.34. The van der Waals surface area contributed by atoms with Crippen LogP contribution >= 0.6 is 0 Å². The summed E-state index contributed by atoms with van der Waals surface area (Å²) in [5.74, 6) is 0.350. The van der Waals surface area contributed by atoms with Crippen molar-refractivity contribution in [2.45, 2.75) is 19.6 Å². The van der Waals surface area contributed by atoms with Crippen molar-refractivity contribution in [1.82, 2.24) is 9.78 Å². The van der Waals surface area contributed by atoms with E-state index in [1.165, 1.54) is 0 Å². The van der Waals surface area contributed by atoms with Crippen molar-refractivity contribution >= 4 is 11.6 Å². The van der Waals surface area contributed by atoms with Gasteiger partial charge in [0.05, 0.1) is 12.4 Å². The van der Waals surface area contributed by atoms with Gasteiger partial charge in [0.15, 0.2) is 11.9 Å². The molecule has 1 unspecified atom stereocenters. The topological polar surface area (TPSA) is 82.2 Å². The van der Waals surface area contributed by atoms with E-state index >= 15 is 0 Å². The van der Waals surface area contributed by atoms with E-state index in [1.54, 1.807) is 31.0 Å². The molecule has 1 aromatic heterocycles. The molecule has 6 heteroatoms. The zero-order valence-electron chi connectivity index (χ0n) is 11.5. The number of carbonyl (C=O) groups is 1. The second kappa shape index (κ2) is 6.21. The number of nitrogens with zero attached hydrogens (tertiary/aromatic N) is 2. The summed E-state index contributed by atoms with van der Waals surface area (Å²) in [5, 5.41) is 6.77. The average Bonchev–Trinajstić information content (AvgIpc) is 2.85. The Morgan fingerprint density at radius 1 is 1.45 bits per heavy atom. The lowest BCUT2D eigenvalue weighted by Crippen LogP contribution is -2.30. The lowest BCUT2D eigenvalue weighted by molar-refractivity contribution is -0.122. The monoisotopic (exact) mass is 274 g/mol. The zero-order valence-corrected chi connectivity index (χ0v) is 11.5. The van der Waals surface area contributed by atoms with Gasteiger partial charge in [-0.2, -0.15) is 5.10 Å². The van der Waals surface area contributed by atoms with Gasteiger partial charge >= 0.3 is 0 Å². The van der Waals surface area contributed by atoms with Crippen LogP contribution in [0.15, 0.2) is 36.7 Å². The molecule has 6 nitrogen and oxygen atoms in total. The highest BCUT2D eigenvalue weighted by Crippen LogP contribution is 2.13. The third-order valence-electron chi connectivity index (χ3n) is 2.82. The molecule has 0 bridgehead atoms. The van der Waals surface area contributed by atoms with Gasteiger partial charge < -0.3 is 15.8 Å². The van der Waals surface area contributed by atoms with Gasteiger partial charge in [0, 0.05) is 19.3 Å². The SMILES string of the molecule is CC(Oc1cnn(C)c1)C(=O)Nc1ccc(CN)cc1. The third-order valence-corrected chi connectivity index (χ3v) is 2.82. The fourth-order valence-corrected chi connectivity index (χ4v) is 1.69. The van der Waals surface area contributed by atoms with Crippen LogP contribution in [0.3, 0.4) is 0 Å². The molecular weight excluding hydrogens is 256 g/mol. The highest BCUT2D eigenvalue weighted by Gasteiger charge is 2.15. The van der Waals surface area contributed by atoms with Crippen LogP contribution in [0, 0.1) is 0 Å². The van der Waals surface area contributed by atoms with Crippen molar-refractivity contribution in [1.29, 1.82) is 0 Å². The largest absolute Gasteiger partial charge is 0.478 e. The van der Waals surface area contributed by atoms with Gasteiger partial charge in [0.1, 0.15) is 0 Å². The Kier molecular flexibility index (Phi) is 4.37. The van der Waals surface area contributed by atoms with E-state index in [2.05, 4.69) is 10.4 Å². The standard InChI is InChI=1S/C14H18N4O2/c1-10(20-13-8-16-18(2)9-13)14(19)17-12-5-3-11(7-15)4-6-12/h3-6,8-10H,7,15H2,1-2H3,(H,17,19). The summed E-state index contributed by atoms with van der Waals surface area (Å²) >= 11 is 0. The molecule has 0 aliphatic heterocycles. The van der Waals surface area contributed by atoms with E-state index in [1.807, 2.05) is 24.3 Å². The average molecular weight is 274 g/mol. The van der Waals surface area contributed by atoms with Crippen molar-refractivity contribution in [3.8, 4) is 5.75 Å². The number of ether oxygens (including phenoxy) is 1. The van der Waals surface area contributed by atoms with Crippen LogP contribution in [0.1, 0.15) is 12.5 Å². The predicted octanol–water partition coefficient (Wildman–Crippen LogP) is 1.28. The molecule has 0 spiro atoms. The Balaban J connectivity index is 1.93. The molecule has 2 aromatic rings. The number of rotatable bonds is 5. The van der Waals surface area contributed by atoms with Gasteiger partial charge in [0.2, 0.25) is 0 Å². The number of anilines is 1. The highest BCUT2D eigenvalue weighted by molar-refractivity contribution is 5.94. The Morgan fingerprint density at radius 3 is 2.70 bits per heavy atom. The first-order valence-corrected chi connectivity index (χ1v) is 6.33. The molecule has 3 N–H and O–H groups in total. The summed E-state index contributed by atoms with van der Waals surface area (Å²) in [4.78, 5) is 12.0. The number of amides is 1. The maximum atomic E-state index is 12.0. The molecule has 106 valence electrons. The predicted molar refractivity (Wildman–Crippen MR) is 76.3 cm³/mol. The van der Waals surface area contributed by atoms with Crippen LogP contribution in [-0.2, 0) is 18.4 Å². The quantitative estimate of drug-likeness (QED) is 0.860. The van der Waals surface area contributed by atoms with E-state index in [-0.39, 0.29) is 5.91 Å². The van der Waals surface area contributed by atoms with Gasteiger partial charge in [-0.15, -0.1) is 0 Å². The first-order chi connectivity index (χ1) is 9.58. The van der Waals surface area contributed by atoms with Crippen LogP contribution in [0.25, 0.3) is 0 Å². The number of benzene rings is 1. The summed E-state index contributed by atoms with van der Waals surface area (Å²) < 4.78 is 7.12. The summed E-state index contributed by atoms with van der Waals surface area (Å²) in [7, 11) is 1.79. The summed E-state index contributed by atoms with van der Waals surface area (Å²) in [6, 6.07) is 7.39. The number of hydrogen-bond acceptors (Lipinski definition) is 4. The van der Waals surface area contributed by atoms with Crippen molar-refractivity contribution in [3.63, 3.8) is 0 Å². The summed E-state index contributed by atoms with van der Waals surface area (Å²) in [6.45, 7) is 2.17. The lowest BCUT2D eigenvalue weighted by Gasteiger charge is -2.13. The minimum atomic E-state index is -0.603. The fourth-order valence-electron chi connectivity index (χ4n) is 1.69. The smallest absolute Gasteiger partial charge is 0.265 e. The van der Waals surface area contributed by atoms with Gasteiger partial charge in [0.25, 0.3) is 5.91 Å². The molecule has 0 saturated heterocycles. The van der Waals surface area contributed by atoms with E-state index in [4.69, 9.17) is 10.5 Å². The van der Waals surface area contributed by atoms with Crippen LogP contribution in [0.5, 0.6) is 5.75 Å². The Morgan fingerprint density at radius 2 is 2.15 bits per heavy atom. The van der Waals surface area contributed by atoms with Gasteiger partial charge in [-0.3, -0.25) is 9.48 Å². The number of aromatic nitrogens is 2. The maximum Gasteiger partial charge on any atom is 0.265 e. The van der Waals surface area contributed by atoms with Crippen LogP contribution in [0.2, 0.25) is 0 Å². The fraction of sp³-hybridized carbons (Fsp3) is 0.286. The number of aryl methyl sites for hydroxylation is 1. The molecule has 2 rings (SSSR count). The van der Waals surface area contributed by atoms with Gasteiger partial charge in [-0.25, -0.2) is 0 Å². The molecule has 20 heavy (non-hydrogen) atoms. The summed E-state index contributed by atoms with van der Waals surface area (Å²) in [5.41, 5.74) is 7.25. The van der Waals surface area contributed by atoms with Crippen molar-refractivity contribution in [2.75, 3.05) is 5.32 Å². The van der Waals surface area contributed by atoms with E-state index < -0.39 is 6.10 Å². The molecule has 0 aliphatic rings. The number of hydrogen-bond donors (Lipinski definition) is 2. The van der Waals surface area contributed by atoms with Crippen molar-refractivity contribution < 1.29 is 9.53 Å². The van der Waals surface area contributed by atoms with Gasteiger partial charge in [-0.05, 0) is 24.6 Å². The Labute approximate surface area is 117 Å². The minimum Gasteiger partial charge on any atom is -0.478 e. The molecule has 1 amide bonds. The normalized spacial score (nSPS) is 11.9. The molecule has 0 fully saturated rings. The van der Waals surface area contributed by atoms with Crippen molar-refractivity contribution in [3.05, 3.63) is 42.2 Å². The molecular formula is C14H18N4O2. The lowest BCUT2D eigenvalue weighted by atomic mass is 10.2. The van der Waals surface area contributed by atoms with E-state index in [9.17, 15) is 4.79 Å². The first kappa shape index (κ1) is 14.1. The molecule has 0 radical (unpaired) electrons. The van der Waals surface area contributed by atoms with Crippen LogP contribution < -0.4 is 15.8 Å². The molecule has 1 atom stereocenters.